The molecule has 8 nitrogen and oxygen atoms in total. The molecule has 2 aromatic rings. The fourth-order valence-electron chi connectivity index (χ4n) is 3.47. The Bertz CT molecular complexity index is 1070. The van der Waals surface area contributed by atoms with Gasteiger partial charge < -0.3 is 4.18 Å². The van der Waals surface area contributed by atoms with Crippen molar-refractivity contribution in [3.05, 3.63) is 65.7 Å². The maximum absolute atomic E-state index is 13.0. The van der Waals surface area contributed by atoms with Crippen LogP contribution in [-0.4, -0.2) is 52.3 Å². The predicted molar refractivity (Wildman–Crippen MR) is 122 cm³/mol. The van der Waals surface area contributed by atoms with Gasteiger partial charge in [-0.25, -0.2) is 4.31 Å². The van der Waals surface area contributed by atoms with Crippen LogP contribution < -0.4 is 4.18 Å². The molecule has 0 aromatic heterocycles. The Morgan fingerprint density at radius 2 is 1.71 bits per heavy atom. The minimum absolute atomic E-state index is 0.136. The standard InChI is InChI=1S/C21H26N2O6S2/c1-15(2)23-21(24)19(20(31(23,27)28)17-7-5-4-6-8-17)22-14-13-16-9-11-18(12-10-16)29-30(3,25)26/h4-12,15,20,27-28H,13-14H2,1-3H3. The fraction of sp³-hybridized carbons (Fsp3) is 0.333. The van der Waals surface area contributed by atoms with Crippen molar-refractivity contribution < 1.29 is 26.5 Å². The zero-order chi connectivity index (χ0) is 22.8. The van der Waals surface area contributed by atoms with Crippen LogP contribution in [0.3, 0.4) is 0 Å². The van der Waals surface area contributed by atoms with Gasteiger partial charge in [0.25, 0.3) is 5.91 Å². The molecule has 1 fully saturated rings. The monoisotopic (exact) mass is 466 g/mol. The van der Waals surface area contributed by atoms with Crippen LogP contribution in [0.1, 0.15) is 30.2 Å². The van der Waals surface area contributed by atoms with Gasteiger partial charge in [-0.3, -0.25) is 18.9 Å². The molecule has 0 radical (unpaired) electrons. The molecule has 0 bridgehead atoms. The number of hydrogen-bond acceptors (Lipinski definition) is 7. The number of aliphatic imine (C=N–C) groups is 1. The molecule has 2 aromatic carbocycles. The van der Waals surface area contributed by atoms with Crippen molar-refractivity contribution in [3.8, 4) is 5.75 Å². The highest BCUT2D eigenvalue weighted by Gasteiger charge is 2.51. The number of carbonyl (C=O) groups is 1. The van der Waals surface area contributed by atoms with Crippen molar-refractivity contribution >= 4 is 32.5 Å². The zero-order valence-electron chi connectivity index (χ0n) is 17.5. The van der Waals surface area contributed by atoms with Crippen LogP contribution in [0.2, 0.25) is 0 Å². The van der Waals surface area contributed by atoms with Crippen LogP contribution in [0.4, 0.5) is 0 Å². The van der Waals surface area contributed by atoms with E-state index < -0.39 is 32.1 Å². The number of nitrogens with zero attached hydrogens (tertiary/aromatic N) is 2. The van der Waals surface area contributed by atoms with Crippen LogP contribution in [0.15, 0.2) is 59.6 Å². The van der Waals surface area contributed by atoms with E-state index >= 15 is 0 Å². The summed E-state index contributed by atoms with van der Waals surface area (Å²) in [6.07, 6.45) is 1.46. The first-order chi connectivity index (χ1) is 14.5. The van der Waals surface area contributed by atoms with Gasteiger partial charge in [0.15, 0.2) is 0 Å². The van der Waals surface area contributed by atoms with E-state index in [0.717, 1.165) is 16.1 Å². The van der Waals surface area contributed by atoms with E-state index in [9.17, 15) is 22.3 Å². The Morgan fingerprint density at radius 3 is 2.26 bits per heavy atom. The third kappa shape index (κ3) is 5.27. The Balaban J connectivity index is 1.82. The molecule has 1 amide bonds. The fourth-order valence-corrected chi connectivity index (χ4v) is 6.11. The highest BCUT2D eigenvalue weighted by atomic mass is 32.3. The molecule has 1 heterocycles. The molecule has 10 heteroatoms. The molecular weight excluding hydrogens is 440 g/mol. The summed E-state index contributed by atoms with van der Waals surface area (Å²) in [6.45, 7) is 3.73. The lowest BCUT2D eigenvalue weighted by Crippen LogP contribution is -2.34. The lowest BCUT2D eigenvalue weighted by molar-refractivity contribution is -0.120. The second-order valence-electron chi connectivity index (χ2n) is 7.52. The predicted octanol–water partition coefficient (Wildman–Crippen LogP) is 3.67. The van der Waals surface area contributed by atoms with E-state index in [1.54, 1.807) is 62.4 Å². The summed E-state index contributed by atoms with van der Waals surface area (Å²) in [5, 5.41) is -0.908. The van der Waals surface area contributed by atoms with E-state index in [1.807, 2.05) is 6.07 Å². The van der Waals surface area contributed by atoms with Crippen molar-refractivity contribution in [3.63, 3.8) is 0 Å². The molecule has 1 aliphatic heterocycles. The minimum Gasteiger partial charge on any atom is -0.383 e. The summed E-state index contributed by atoms with van der Waals surface area (Å²) in [5.74, 6) is -0.255. The minimum atomic E-state index is -3.59. The van der Waals surface area contributed by atoms with Crippen LogP contribution >= 0.6 is 10.8 Å². The molecule has 168 valence electrons. The molecule has 31 heavy (non-hydrogen) atoms. The van der Waals surface area contributed by atoms with Crippen molar-refractivity contribution in [1.29, 1.82) is 0 Å². The summed E-state index contributed by atoms with van der Waals surface area (Å²) in [5.41, 5.74) is 1.64. The lowest BCUT2D eigenvalue weighted by Gasteiger charge is -2.42. The van der Waals surface area contributed by atoms with Crippen molar-refractivity contribution in [2.45, 2.75) is 31.6 Å². The maximum atomic E-state index is 13.0. The summed E-state index contributed by atoms with van der Waals surface area (Å²) < 4.78 is 50.2. The molecule has 1 aliphatic rings. The van der Waals surface area contributed by atoms with Gasteiger partial charge in [0.05, 0.1) is 6.26 Å². The number of amides is 1. The van der Waals surface area contributed by atoms with E-state index in [4.69, 9.17) is 4.18 Å². The number of rotatable bonds is 7. The molecule has 1 atom stereocenters. The molecular formula is C21H26N2O6S2. The first-order valence-corrected chi connectivity index (χ1v) is 13.1. The highest BCUT2D eigenvalue weighted by Crippen LogP contribution is 2.62. The van der Waals surface area contributed by atoms with Gasteiger partial charge in [-0.15, -0.1) is 10.8 Å². The smallest absolute Gasteiger partial charge is 0.306 e. The van der Waals surface area contributed by atoms with Gasteiger partial charge >= 0.3 is 10.1 Å². The number of hydrogen-bond donors (Lipinski definition) is 2. The number of carbonyl (C=O) groups excluding carboxylic acids is 1. The van der Waals surface area contributed by atoms with Crippen molar-refractivity contribution in [1.82, 2.24) is 4.31 Å². The quantitative estimate of drug-likeness (QED) is 0.602. The Hall–Kier alpha value is -2.40. The first kappa shape index (κ1) is 23.3. The van der Waals surface area contributed by atoms with E-state index in [2.05, 4.69) is 4.99 Å². The van der Waals surface area contributed by atoms with Gasteiger partial charge in [-0.05, 0) is 43.5 Å². The van der Waals surface area contributed by atoms with Crippen LogP contribution in [-0.2, 0) is 21.3 Å². The third-order valence-electron chi connectivity index (χ3n) is 4.70. The summed E-state index contributed by atoms with van der Waals surface area (Å²) in [4.78, 5) is 17.5. The van der Waals surface area contributed by atoms with Gasteiger partial charge in [-0.1, -0.05) is 42.5 Å². The van der Waals surface area contributed by atoms with Crippen LogP contribution in [0, 0.1) is 0 Å². The van der Waals surface area contributed by atoms with Crippen LogP contribution in [0.25, 0.3) is 0 Å². The summed E-state index contributed by atoms with van der Waals surface area (Å²) in [7, 11) is -7.01. The molecule has 0 spiro atoms. The van der Waals surface area contributed by atoms with E-state index in [0.29, 0.717) is 12.0 Å². The Kier molecular flexibility index (Phi) is 6.75. The SMILES string of the molecule is CC(C)N1C(=O)C(=NCCc2ccc(OS(C)(=O)=O)cc2)C(c2ccccc2)S1(O)O. The average molecular weight is 467 g/mol. The van der Waals surface area contributed by atoms with Crippen LogP contribution in [0.5, 0.6) is 5.75 Å². The summed E-state index contributed by atoms with van der Waals surface area (Å²) in [6, 6.07) is 15.1. The zero-order valence-corrected chi connectivity index (χ0v) is 19.1. The largest absolute Gasteiger partial charge is 0.383 e. The van der Waals surface area contributed by atoms with Gasteiger partial charge in [-0.2, -0.15) is 8.42 Å². The molecule has 0 saturated carbocycles. The van der Waals surface area contributed by atoms with Gasteiger partial charge in [0.2, 0.25) is 0 Å². The molecule has 2 N–H and O–H groups in total. The maximum Gasteiger partial charge on any atom is 0.306 e. The van der Waals surface area contributed by atoms with E-state index in [-0.39, 0.29) is 24.0 Å². The van der Waals surface area contributed by atoms with Gasteiger partial charge in [0, 0.05) is 12.6 Å². The topological polar surface area (TPSA) is 117 Å². The molecule has 3 rings (SSSR count). The van der Waals surface area contributed by atoms with Gasteiger partial charge in [0.1, 0.15) is 16.7 Å². The molecule has 1 unspecified atom stereocenters. The Labute approximate surface area is 184 Å². The first-order valence-electron chi connectivity index (χ1n) is 9.69. The highest BCUT2D eigenvalue weighted by molar-refractivity contribution is 8.24. The van der Waals surface area contributed by atoms with Crippen molar-refractivity contribution in [2.24, 2.45) is 4.99 Å². The average Bonchev–Trinajstić information content (AvgIpc) is 2.87. The normalized spacial score (nSPS) is 21.0. The third-order valence-corrected chi connectivity index (χ3v) is 7.49. The number of benzene rings is 2. The molecule has 0 aliphatic carbocycles. The molecule has 1 saturated heterocycles. The lowest BCUT2D eigenvalue weighted by atomic mass is 10.1. The Morgan fingerprint density at radius 1 is 1.10 bits per heavy atom. The second kappa shape index (κ2) is 8.99. The summed E-state index contributed by atoms with van der Waals surface area (Å²) >= 11 is 0. The van der Waals surface area contributed by atoms with Crippen molar-refractivity contribution in [2.75, 3.05) is 12.8 Å². The second-order valence-corrected chi connectivity index (χ2v) is 11.1. The van der Waals surface area contributed by atoms with E-state index in [1.165, 1.54) is 0 Å².